The summed E-state index contributed by atoms with van der Waals surface area (Å²) in [5, 5.41) is 4.05. The molecule has 0 saturated carbocycles. The van der Waals surface area contributed by atoms with Gasteiger partial charge in [-0.25, -0.2) is 0 Å². The first-order valence-electron chi connectivity index (χ1n) is 5.15. The third kappa shape index (κ3) is 3.00. The fourth-order valence-corrected chi connectivity index (χ4v) is 2.37. The number of hydrogen-bond acceptors (Lipinski definition) is 3. The molecule has 0 unspecified atom stereocenters. The maximum absolute atomic E-state index is 12.0. The van der Waals surface area contributed by atoms with E-state index in [0.29, 0.717) is 11.3 Å². The van der Waals surface area contributed by atoms with Gasteiger partial charge < -0.3 is 4.74 Å². The first-order chi connectivity index (χ1) is 8.60. The van der Waals surface area contributed by atoms with Crippen LogP contribution in [0.1, 0.15) is 10.4 Å². The lowest BCUT2D eigenvalue weighted by Gasteiger charge is -2.06. The van der Waals surface area contributed by atoms with Crippen LogP contribution in [0.25, 0.3) is 0 Å². The Balaban J connectivity index is 2.16. The van der Waals surface area contributed by atoms with Crippen molar-refractivity contribution in [2.75, 3.05) is 7.11 Å². The predicted octanol–water partition coefficient (Wildman–Crippen LogP) is 3.30. The molecule has 0 amide bonds. The average Bonchev–Trinajstić information content (AvgIpc) is 2.74. The van der Waals surface area contributed by atoms with Crippen LogP contribution in [0.15, 0.2) is 39.5 Å². The molecule has 1 aromatic heterocycles. The van der Waals surface area contributed by atoms with Crippen LogP contribution in [0, 0.1) is 0 Å². The van der Waals surface area contributed by atoms with Crippen molar-refractivity contribution in [2.45, 2.75) is 6.54 Å². The molecular weight excluding hydrogens is 364 g/mol. The van der Waals surface area contributed by atoms with Crippen molar-refractivity contribution in [3.05, 3.63) is 45.1 Å². The van der Waals surface area contributed by atoms with Crippen LogP contribution >= 0.6 is 31.9 Å². The molecule has 0 saturated heterocycles. The number of halogens is 2. The van der Waals surface area contributed by atoms with Gasteiger partial charge in [-0.2, -0.15) is 5.10 Å². The molecule has 0 aliphatic carbocycles. The molecule has 0 bridgehead atoms. The Kier molecular flexibility index (Phi) is 4.19. The highest BCUT2D eigenvalue weighted by Gasteiger charge is 2.10. The topological polar surface area (TPSA) is 44.1 Å². The van der Waals surface area contributed by atoms with Crippen LogP contribution in [0.3, 0.4) is 0 Å². The van der Waals surface area contributed by atoms with Gasteiger partial charge in [0.2, 0.25) is 0 Å². The molecule has 0 spiro atoms. The predicted molar refractivity (Wildman–Crippen MR) is 75.0 cm³/mol. The number of methoxy groups -OCH3 is 1. The molecule has 18 heavy (non-hydrogen) atoms. The molecule has 0 aliphatic rings. The highest BCUT2D eigenvalue weighted by atomic mass is 79.9. The summed E-state index contributed by atoms with van der Waals surface area (Å²) in [4.78, 5) is 12.0. The van der Waals surface area contributed by atoms with Crippen molar-refractivity contribution in [3.8, 4) is 5.75 Å². The van der Waals surface area contributed by atoms with Crippen molar-refractivity contribution in [2.24, 2.45) is 0 Å². The molecule has 1 heterocycles. The fourth-order valence-electron chi connectivity index (χ4n) is 1.50. The number of carbonyl (C=O) groups excluding carboxylic acids is 1. The summed E-state index contributed by atoms with van der Waals surface area (Å²) >= 11 is 6.65. The summed E-state index contributed by atoms with van der Waals surface area (Å²) in [6, 6.07) is 5.25. The van der Waals surface area contributed by atoms with E-state index in [2.05, 4.69) is 37.0 Å². The molecule has 94 valence electrons. The number of ketones is 1. The molecule has 0 radical (unpaired) electrons. The number of Topliss-reactive ketones (excluding diaryl/α,β-unsaturated/α-hetero) is 1. The first kappa shape index (κ1) is 13.3. The van der Waals surface area contributed by atoms with Gasteiger partial charge in [0.05, 0.1) is 22.3 Å². The summed E-state index contributed by atoms with van der Waals surface area (Å²) in [7, 11) is 1.59. The van der Waals surface area contributed by atoms with Gasteiger partial charge in [-0.15, -0.1) is 0 Å². The van der Waals surface area contributed by atoms with Crippen LogP contribution in [0.5, 0.6) is 5.75 Å². The number of hydrogen-bond donors (Lipinski definition) is 0. The highest BCUT2D eigenvalue weighted by Crippen LogP contribution is 2.25. The average molecular weight is 374 g/mol. The van der Waals surface area contributed by atoms with E-state index in [1.54, 1.807) is 42.4 Å². The standard InChI is InChI=1S/C12H10Br2N2O2/c1-18-12-3-2-8(4-10(12)14)11(17)7-16-6-9(13)5-15-16/h2-6H,7H2,1H3. The third-order valence-corrected chi connectivity index (χ3v) is 3.41. The Labute approximate surface area is 121 Å². The normalized spacial score (nSPS) is 10.4. The number of nitrogens with zero attached hydrogens (tertiary/aromatic N) is 2. The van der Waals surface area contributed by atoms with Crippen LogP contribution in [-0.2, 0) is 6.54 Å². The van der Waals surface area contributed by atoms with E-state index in [1.807, 2.05) is 0 Å². The summed E-state index contributed by atoms with van der Waals surface area (Å²) in [5.74, 6) is 0.697. The largest absolute Gasteiger partial charge is 0.496 e. The minimum absolute atomic E-state index is 0.00560. The van der Waals surface area contributed by atoms with E-state index in [9.17, 15) is 4.79 Å². The number of rotatable bonds is 4. The Morgan fingerprint density at radius 3 is 2.78 bits per heavy atom. The summed E-state index contributed by atoms with van der Waals surface area (Å²) in [5.41, 5.74) is 0.620. The molecular formula is C12H10Br2N2O2. The number of aromatic nitrogens is 2. The van der Waals surface area contributed by atoms with Crippen molar-refractivity contribution < 1.29 is 9.53 Å². The summed E-state index contributed by atoms with van der Waals surface area (Å²) in [6.45, 7) is 0.213. The van der Waals surface area contributed by atoms with E-state index < -0.39 is 0 Å². The Hall–Kier alpha value is -1.14. The van der Waals surface area contributed by atoms with Gasteiger partial charge in [-0.05, 0) is 50.1 Å². The lowest BCUT2D eigenvalue weighted by atomic mass is 10.1. The zero-order chi connectivity index (χ0) is 13.1. The van der Waals surface area contributed by atoms with Crippen molar-refractivity contribution in [1.82, 2.24) is 9.78 Å². The monoisotopic (exact) mass is 372 g/mol. The lowest BCUT2D eigenvalue weighted by Crippen LogP contribution is -2.10. The minimum atomic E-state index is -0.00560. The van der Waals surface area contributed by atoms with Crippen molar-refractivity contribution >= 4 is 37.6 Å². The van der Waals surface area contributed by atoms with Gasteiger partial charge in [0.1, 0.15) is 12.3 Å². The molecule has 0 aliphatic heterocycles. The van der Waals surface area contributed by atoms with Crippen LogP contribution in [-0.4, -0.2) is 22.7 Å². The molecule has 2 aromatic rings. The fraction of sp³-hybridized carbons (Fsp3) is 0.167. The van der Waals surface area contributed by atoms with Crippen LogP contribution < -0.4 is 4.74 Å². The van der Waals surface area contributed by atoms with E-state index in [1.165, 1.54) is 0 Å². The molecule has 0 fully saturated rings. The molecule has 0 N–H and O–H groups in total. The molecule has 6 heteroatoms. The second-order valence-corrected chi connectivity index (χ2v) is 5.40. The first-order valence-corrected chi connectivity index (χ1v) is 6.73. The minimum Gasteiger partial charge on any atom is -0.496 e. The van der Waals surface area contributed by atoms with E-state index in [0.717, 1.165) is 8.95 Å². The van der Waals surface area contributed by atoms with Crippen LogP contribution in [0.4, 0.5) is 0 Å². The second kappa shape index (κ2) is 5.67. The highest BCUT2D eigenvalue weighted by molar-refractivity contribution is 9.10. The molecule has 0 atom stereocenters. The maximum Gasteiger partial charge on any atom is 0.184 e. The van der Waals surface area contributed by atoms with E-state index in [-0.39, 0.29) is 12.3 Å². The van der Waals surface area contributed by atoms with Gasteiger partial charge in [0.25, 0.3) is 0 Å². The Morgan fingerprint density at radius 1 is 1.44 bits per heavy atom. The van der Waals surface area contributed by atoms with Gasteiger partial charge in [-0.3, -0.25) is 9.48 Å². The third-order valence-electron chi connectivity index (χ3n) is 2.38. The smallest absolute Gasteiger partial charge is 0.184 e. The van der Waals surface area contributed by atoms with E-state index >= 15 is 0 Å². The number of ether oxygens (including phenoxy) is 1. The Morgan fingerprint density at radius 2 is 2.22 bits per heavy atom. The maximum atomic E-state index is 12.0. The zero-order valence-corrected chi connectivity index (χ0v) is 12.7. The lowest BCUT2D eigenvalue weighted by molar-refractivity contribution is 0.0967. The van der Waals surface area contributed by atoms with Gasteiger partial charge >= 0.3 is 0 Å². The molecule has 4 nitrogen and oxygen atoms in total. The second-order valence-electron chi connectivity index (χ2n) is 3.63. The molecule has 1 aromatic carbocycles. The number of carbonyl (C=O) groups is 1. The van der Waals surface area contributed by atoms with Gasteiger partial charge in [-0.1, -0.05) is 0 Å². The van der Waals surface area contributed by atoms with Gasteiger partial charge in [0.15, 0.2) is 5.78 Å². The summed E-state index contributed by atoms with van der Waals surface area (Å²) in [6.07, 6.45) is 3.41. The SMILES string of the molecule is COc1ccc(C(=O)Cn2cc(Br)cn2)cc1Br. The summed E-state index contributed by atoms with van der Waals surface area (Å²) < 4.78 is 8.32. The Bertz CT molecular complexity index is 581. The van der Waals surface area contributed by atoms with Crippen molar-refractivity contribution in [3.63, 3.8) is 0 Å². The van der Waals surface area contributed by atoms with Crippen molar-refractivity contribution in [1.29, 1.82) is 0 Å². The van der Waals surface area contributed by atoms with E-state index in [4.69, 9.17) is 4.74 Å². The molecule has 2 rings (SSSR count). The van der Waals surface area contributed by atoms with Crippen LogP contribution in [0.2, 0.25) is 0 Å². The van der Waals surface area contributed by atoms with Gasteiger partial charge in [0, 0.05) is 11.8 Å². The number of benzene rings is 1. The zero-order valence-electron chi connectivity index (χ0n) is 9.56. The quantitative estimate of drug-likeness (QED) is 0.772.